The molecule has 6 heteroatoms. The van der Waals surface area contributed by atoms with E-state index in [0.717, 1.165) is 5.56 Å². The number of ether oxygens (including phenoxy) is 2. The van der Waals surface area contributed by atoms with E-state index in [9.17, 15) is 14.7 Å². The van der Waals surface area contributed by atoms with Gasteiger partial charge in [-0.2, -0.15) is 0 Å². The maximum atomic E-state index is 12.8. The van der Waals surface area contributed by atoms with Gasteiger partial charge in [-0.05, 0) is 53.5 Å². The van der Waals surface area contributed by atoms with Gasteiger partial charge >= 0.3 is 11.9 Å². The number of rotatable bonds is 8. The number of nitrogens with zero attached hydrogens (tertiary/aromatic N) is 1. The van der Waals surface area contributed by atoms with Crippen molar-refractivity contribution in [1.82, 2.24) is 4.90 Å². The van der Waals surface area contributed by atoms with Gasteiger partial charge in [-0.1, -0.05) is 30.3 Å². The zero-order valence-corrected chi connectivity index (χ0v) is 17.3. The van der Waals surface area contributed by atoms with Crippen LogP contribution in [0.2, 0.25) is 0 Å². The smallest absolute Gasteiger partial charge is 0.324 e. The lowest BCUT2D eigenvalue weighted by molar-refractivity contribution is -0.164. The Morgan fingerprint density at radius 3 is 2.04 bits per heavy atom. The van der Waals surface area contributed by atoms with Gasteiger partial charge in [-0.15, -0.1) is 0 Å². The predicted molar refractivity (Wildman–Crippen MR) is 104 cm³/mol. The van der Waals surface area contributed by atoms with Crippen LogP contribution in [0, 0.1) is 0 Å². The van der Waals surface area contributed by atoms with Gasteiger partial charge in [0.15, 0.2) is 0 Å². The van der Waals surface area contributed by atoms with Crippen molar-refractivity contribution in [2.24, 2.45) is 0 Å². The monoisotopic (exact) mass is 379 g/mol. The maximum Gasteiger partial charge on any atom is 0.324 e. The molecule has 1 rings (SSSR count). The molecule has 0 amide bonds. The third-order valence-electron chi connectivity index (χ3n) is 3.53. The van der Waals surface area contributed by atoms with Gasteiger partial charge in [0.25, 0.3) is 0 Å². The average molecular weight is 379 g/mol. The third kappa shape index (κ3) is 9.54. The number of hydrogen-bond acceptors (Lipinski definition) is 6. The van der Waals surface area contributed by atoms with Gasteiger partial charge in [0, 0.05) is 6.54 Å². The Bertz CT molecular complexity index is 601. The molecule has 1 aromatic rings. The highest BCUT2D eigenvalue weighted by Crippen LogP contribution is 2.16. The van der Waals surface area contributed by atoms with E-state index < -0.39 is 29.2 Å². The lowest BCUT2D eigenvalue weighted by Gasteiger charge is -2.32. The van der Waals surface area contributed by atoms with E-state index in [0.29, 0.717) is 6.42 Å². The van der Waals surface area contributed by atoms with Gasteiger partial charge in [0.2, 0.25) is 0 Å². The van der Waals surface area contributed by atoms with Crippen molar-refractivity contribution in [2.75, 3.05) is 19.7 Å². The van der Waals surface area contributed by atoms with E-state index in [1.807, 2.05) is 30.3 Å². The van der Waals surface area contributed by atoms with Crippen molar-refractivity contribution < 1.29 is 24.2 Å². The van der Waals surface area contributed by atoms with E-state index >= 15 is 0 Å². The molecule has 1 N–H and O–H groups in total. The Kier molecular flexibility index (Phi) is 8.44. The number of aliphatic hydroxyl groups is 1. The Labute approximate surface area is 162 Å². The second kappa shape index (κ2) is 9.85. The molecular formula is C21H33NO5. The molecule has 0 unspecified atom stereocenters. The normalized spacial score (nSPS) is 13.3. The summed E-state index contributed by atoms with van der Waals surface area (Å²) in [6, 6.07) is 8.82. The largest absolute Gasteiger partial charge is 0.459 e. The lowest BCUT2D eigenvalue weighted by Crippen LogP contribution is -2.49. The summed E-state index contributed by atoms with van der Waals surface area (Å²) in [6.07, 6.45) is 0.374. The van der Waals surface area contributed by atoms with Crippen molar-refractivity contribution >= 4 is 11.9 Å². The molecule has 0 fully saturated rings. The van der Waals surface area contributed by atoms with Crippen molar-refractivity contribution in [3.8, 4) is 0 Å². The molecule has 0 aliphatic carbocycles. The first kappa shape index (κ1) is 23.1. The highest BCUT2D eigenvalue weighted by molar-refractivity contribution is 5.78. The molecule has 0 aliphatic rings. The van der Waals surface area contributed by atoms with Crippen LogP contribution in [0.5, 0.6) is 0 Å². The summed E-state index contributed by atoms with van der Waals surface area (Å²) in [6.45, 7) is 10.6. The molecule has 0 spiro atoms. The van der Waals surface area contributed by atoms with Crippen LogP contribution < -0.4 is 0 Å². The van der Waals surface area contributed by atoms with Crippen LogP contribution in [-0.4, -0.2) is 58.9 Å². The molecule has 0 saturated heterocycles. The summed E-state index contributed by atoms with van der Waals surface area (Å²) in [5, 5.41) is 9.47. The minimum absolute atomic E-state index is 0.103. The molecule has 0 aliphatic heterocycles. The van der Waals surface area contributed by atoms with E-state index in [-0.39, 0.29) is 19.7 Å². The van der Waals surface area contributed by atoms with Crippen LogP contribution in [0.3, 0.4) is 0 Å². The molecule has 0 saturated carbocycles. The second-order valence-corrected chi connectivity index (χ2v) is 8.52. The molecule has 152 valence electrons. The van der Waals surface area contributed by atoms with Crippen LogP contribution in [0.25, 0.3) is 0 Å². The SMILES string of the molecule is CC(C)(C)OC(=O)CN(CCO)[C@@H](Cc1ccccc1)C(=O)OC(C)(C)C. The average Bonchev–Trinajstić information content (AvgIpc) is 2.49. The highest BCUT2D eigenvalue weighted by Gasteiger charge is 2.32. The maximum absolute atomic E-state index is 12.8. The fourth-order valence-electron chi connectivity index (χ4n) is 2.58. The molecule has 27 heavy (non-hydrogen) atoms. The highest BCUT2D eigenvalue weighted by atomic mass is 16.6. The summed E-state index contributed by atoms with van der Waals surface area (Å²) in [4.78, 5) is 26.8. The number of esters is 2. The number of carbonyl (C=O) groups excluding carboxylic acids is 2. The molecular weight excluding hydrogens is 346 g/mol. The fourth-order valence-corrected chi connectivity index (χ4v) is 2.58. The van der Waals surface area contributed by atoms with E-state index in [4.69, 9.17) is 9.47 Å². The molecule has 0 heterocycles. The number of aliphatic hydroxyl groups excluding tert-OH is 1. The second-order valence-electron chi connectivity index (χ2n) is 8.52. The molecule has 0 bridgehead atoms. The van der Waals surface area contributed by atoms with Gasteiger partial charge in [0.1, 0.15) is 17.2 Å². The molecule has 6 nitrogen and oxygen atoms in total. The third-order valence-corrected chi connectivity index (χ3v) is 3.53. The number of hydrogen-bond donors (Lipinski definition) is 1. The van der Waals surface area contributed by atoms with E-state index in [2.05, 4.69) is 0 Å². The van der Waals surface area contributed by atoms with Gasteiger partial charge < -0.3 is 14.6 Å². The quantitative estimate of drug-likeness (QED) is 0.700. The Balaban J connectivity index is 3.05. The minimum atomic E-state index is -0.703. The standard InChI is InChI=1S/C21H33NO5/c1-20(2,3)26-18(24)15-22(12-13-23)17(19(25)27-21(4,5)6)14-16-10-8-7-9-11-16/h7-11,17,23H,12-15H2,1-6H3/t17-/m0/s1. The summed E-state index contributed by atoms with van der Waals surface area (Å²) in [5.41, 5.74) is -0.327. The summed E-state index contributed by atoms with van der Waals surface area (Å²) in [7, 11) is 0. The number of benzene rings is 1. The van der Waals surface area contributed by atoms with Crippen molar-refractivity contribution in [3.05, 3.63) is 35.9 Å². The summed E-state index contributed by atoms with van der Waals surface area (Å²) >= 11 is 0. The van der Waals surface area contributed by atoms with Crippen LogP contribution in [-0.2, 0) is 25.5 Å². The summed E-state index contributed by atoms with van der Waals surface area (Å²) < 4.78 is 10.9. The first-order valence-electron chi connectivity index (χ1n) is 9.25. The first-order valence-corrected chi connectivity index (χ1v) is 9.25. The van der Waals surface area contributed by atoms with Gasteiger partial charge in [-0.3, -0.25) is 14.5 Å². The van der Waals surface area contributed by atoms with E-state index in [1.165, 1.54) is 0 Å². The summed E-state index contributed by atoms with van der Waals surface area (Å²) in [5.74, 6) is -0.874. The van der Waals surface area contributed by atoms with Gasteiger partial charge in [0.05, 0.1) is 13.2 Å². The Morgan fingerprint density at radius 1 is 1.00 bits per heavy atom. The zero-order valence-electron chi connectivity index (χ0n) is 17.3. The molecule has 0 aromatic heterocycles. The van der Waals surface area contributed by atoms with Crippen molar-refractivity contribution in [1.29, 1.82) is 0 Å². The zero-order chi connectivity index (χ0) is 20.7. The first-order chi connectivity index (χ1) is 12.4. The number of carbonyl (C=O) groups is 2. The van der Waals surface area contributed by atoms with Gasteiger partial charge in [-0.25, -0.2) is 0 Å². The lowest BCUT2D eigenvalue weighted by atomic mass is 10.0. The topological polar surface area (TPSA) is 76.1 Å². The fraction of sp³-hybridized carbons (Fsp3) is 0.619. The van der Waals surface area contributed by atoms with Crippen molar-refractivity contribution in [2.45, 2.75) is 65.2 Å². The van der Waals surface area contributed by atoms with Crippen molar-refractivity contribution in [3.63, 3.8) is 0 Å². The Morgan fingerprint density at radius 2 is 1.56 bits per heavy atom. The molecule has 1 atom stereocenters. The van der Waals surface area contributed by atoms with Crippen LogP contribution in [0.1, 0.15) is 47.1 Å². The predicted octanol–water partition coefficient (Wildman–Crippen LogP) is 2.58. The van der Waals surface area contributed by atoms with Crippen LogP contribution in [0.4, 0.5) is 0 Å². The van der Waals surface area contributed by atoms with Crippen LogP contribution in [0.15, 0.2) is 30.3 Å². The Hall–Kier alpha value is -1.92. The minimum Gasteiger partial charge on any atom is -0.459 e. The van der Waals surface area contributed by atoms with E-state index in [1.54, 1.807) is 46.4 Å². The molecule has 0 radical (unpaired) electrons. The van der Waals surface area contributed by atoms with Crippen LogP contribution >= 0.6 is 0 Å². The molecule has 1 aromatic carbocycles.